The van der Waals surface area contributed by atoms with Crippen molar-refractivity contribution in [2.24, 2.45) is 4.99 Å². The van der Waals surface area contributed by atoms with Crippen molar-refractivity contribution in [1.82, 2.24) is 14.5 Å². The molecule has 0 spiro atoms. The molecule has 2 heterocycles. The van der Waals surface area contributed by atoms with E-state index >= 15 is 0 Å². The highest BCUT2D eigenvalue weighted by molar-refractivity contribution is 14.0. The molecule has 0 radical (unpaired) electrons. The van der Waals surface area contributed by atoms with Gasteiger partial charge in [-0.15, -0.1) is 24.0 Å². The fourth-order valence-corrected chi connectivity index (χ4v) is 5.09. The van der Waals surface area contributed by atoms with Crippen LogP contribution in [0.25, 0.3) is 0 Å². The van der Waals surface area contributed by atoms with Crippen LogP contribution in [0.2, 0.25) is 0 Å². The number of ether oxygens (including phenoxy) is 2. The Morgan fingerprint density at radius 3 is 2.48 bits per heavy atom. The molecule has 0 saturated carbocycles. The lowest BCUT2D eigenvalue weighted by atomic mass is 10.1. The average molecular weight is 567 g/mol. The fourth-order valence-electron chi connectivity index (χ4n) is 3.73. The van der Waals surface area contributed by atoms with Crippen LogP contribution in [0, 0.1) is 0 Å². The molecule has 31 heavy (non-hydrogen) atoms. The predicted octanol–water partition coefficient (Wildman–Crippen LogP) is 2.29. The number of guanidine groups is 1. The number of halogens is 1. The van der Waals surface area contributed by atoms with Crippen molar-refractivity contribution in [2.75, 3.05) is 40.4 Å². The number of rotatable bonds is 6. The van der Waals surface area contributed by atoms with Crippen molar-refractivity contribution in [3.63, 3.8) is 0 Å². The maximum atomic E-state index is 12.6. The Bertz CT molecular complexity index is 826. The fraction of sp³-hybridized carbons (Fsp3) is 0.667. The molecule has 1 aromatic rings. The Morgan fingerprint density at radius 2 is 1.90 bits per heavy atom. The summed E-state index contributed by atoms with van der Waals surface area (Å²) in [7, 11) is -0.0902. The van der Waals surface area contributed by atoms with Gasteiger partial charge in [-0.05, 0) is 44.4 Å². The highest BCUT2D eigenvalue weighted by Gasteiger charge is 2.32. The van der Waals surface area contributed by atoms with E-state index in [0.29, 0.717) is 18.0 Å². The number of sulfonamides is 1. The molecule has 8 nitrogen and oxygen atoms in total. The zero-order valence-corrected chi connectivity index (χ0v) is 21.9. The Hall–Kier alpha value is -0.950. The van der Waals surface area contributed by atoms with E-state index in [1.165, 1.54) is 4.31 Å². The number of morpholine rings is 1. The van der Waals surface area contributed by atoms with Gasteiger partial charge in [-0.25, -0.2) is 8.42 Å². The molecule has 2 aliphatic rings. The van der Waals surface area contributed by atoms with Gasteiger partial charge in [-0.1, -0.05) is 12.1 Å². The van der Waals surface area contributed by atoms with Gasteiger partial charge in [0.2, 0.25) is 10.0 Å². The van der Waals surface area contributed by atoms with Crippen molar-refractivity contribution in [2.45, 2.75) is 56.4 Å². The van der Waals surface area contributed by atoms with E-state index in [2.05, 4.69) is 15.2 Å². The first-order valence-corrected chi connectivity index (χ1v) is 12.0. The average Bonchev–Trinajstić information content (AvgIpc) is 3.29. The third kappa shape index (κ3) is 6.53. The summed E-state index contributed by atoms with van der Waals surface area (Å²) in [5.74, 6) is 0.817. The Morgan fingerprint density at radius 1 is 1.23 bits per heavy atom. The largest absolute Gasteiger partial charge is 0.375 e. The van der Waals surface area contributed by atoms with Crippen molar-refractivity contribution in [1.29, 1.82) is 0 Å². The first kappa shape index (κ1) is 26.3. The molecular formula is C21H35IN4O4S. The molecule has 2 fully saturated rings. The summed E-state index contributed by atoms with van der Waals surface area (Å²) in [5, 5.41) is 3.39. The Balaban J connectivity index is 0.00000341. The zero-order valence-electron chi connectivity index (χ0n) is 18.8. The van der Waals surface area contributed by atoms with Crippen molar-refractivity contribution in [3.8, 4) is 0 Å². The van der Waals surface area contributed by atoms with E-state index in [0.717, 1.165) is 44.1 Å². The monoisotopic (exact) mass is 566 g/mol. The Kier molecular flexibility index (Phi) is 9.99. The highest BCUT2D eigenvalue weighted by Crippen LogP contribution is 2.21. The van der Waals surface area contributed by atoms with Crippen LogP contribution in [0.5, 0.6) is 0 Å². The summed E-state index contributed by atoms with van der Waals surface area (Å²) in [6.45, 7) is 7.28. The smallest absolute Gasteiger partial charge is 0.243 e. The molecule has 0 aromatic heterocycles. The third-order valence-corrected chi connectivity index (χ3v) is 7.81. The summed E-state index contributed by atoms with van der Waals surface area (Å²) >= 11 is 0. The molecule has 0 aliphatic carbocycles. The predicted molar refractivity (Wildman–Crippen MR) is 132 cm³/mol. The molecule has 176 valence electrons. The second kappa shape index (κ2) is 11.8. The third-order valence-electron chi connectivity index (χ3n) is 5.76. The number of hydrogen-bond acceptors (Lipinski definition) is 5. The van der Waals surface area contributed by atoms with Gasteiger partial charge in [0.15, 0.2) is 5.96 Å². The van der Waals surface area contributed by atoms with Crippen LogP contribution >= 0.6 is 24.0 Å². The summed E-state index contributed by atoms with van der Waals surface area (Å²) < 4.78 is 38.3. The van der Waals surface area contributed by atoms with Gasteiger partial charge in [-0.3, -0.25) is 4.99 Å². The number of aliphatic imine (C=N–C) groups is 1. The summed E-state index contributed by atoms with van der Waals surface area (Å²) in [4.78, 5) is 6.93. The topological polar surface area (TPSA) is 83.5 Å². The zero-order chi connectivity index (χ0) is 21.7. The van der Waals surface area contributed by atoms with Crippen molar-refractivity contribution >= 4 is 40.0 Å². The van der Waals surface area contributed by atoms with Crippen LogP contribution in [0.1, 0.15) is 32.3 Å². The molecule has 2 atom stereocenters. The molecule has 10 heteroatoms. The number of hydrogen-bond donors (Lipinski definition) is 1. The van der Waals surface area contributed by atoms with E-state index in [9.17, 15) is 8.42 Å². The maximum absolute atomic E-state index is 12.6. The molecule has 3 rings (SSSR count). The van der Waals surface area contributed by atoms with Crippen LogP contribution in [0.15, 0.2) is 34.2 Å². The second-order valence-corrected chi connectivity index (χ2v) is 10.1. The van der Waals surface area contributed by atoms with Gasteiger partial charge in [0, 0.05) is 46.4 Å². The van der Waals surface area contributed by atoms with Gasteiger partial charge in [0.1, 0.15) is 6.10 Å². The molecule has 1 aromatic carbocycles. The maximum Gasteiger partial charge on any atom is 0.243 e. The van der Waals surface area contributed by atoms with Crippen molar-refractivity contribution in [3.05, 3.63) is 29.8 Å². The normalized spacial score (nSPS) is 22.6. The molecular weight excluding hydrogens is 531 g/mol. The number of nitrogens with zero attached hydrogens (tertiary/aromatic N) is 3. The number of nitrogens with one attached hydrogen (secondary N) is 1. The highest BCUT2D eigenvalue weighted by atomic mass is 127. The lowest BCUT2D eigenvalue weighted by molar-refractivity contribution is -0.0817. The molecule has 2 saturated heterocycles. The van der Waals surface area contributed by atoms with Gasteiger partial charge in [-0.2, -0.15) is 4.31 Å². The van der Waals surface area contributed by atoms with Gasteiger partial charge < -0.3 is 19.7 Å². The number of benzene rings is 1. The van der Waals surface area contributed by atoms with Crippen molar-refractivity contribution < 1.29 is 17.9 Å². The summed E-state index contributed by atoms with van der Waals surface area (Å²) in [6.07, 6.45) is 2.38. The van der Waals surface area contributed by atoms with Crippen LogP contribution < -0.4 is 5.32 Å². The summed E-state index contributed by atoms with van der Waals surface area (Å²) in [5.41, 5.74) is 0.992. The van der Waals surface area contributed by atoms with E-state index in [4.69, 9.17) is 9.47 Å². The molecule has 1 N–H and O–H groups in total. The van der Waals surface area contributed by atoms with Crippen LogP contribution in [0.3, 0.4) is 0 Å². The quantitative estimate of drug-likeness (QED) is 0.324. The minimum atomic E-state index is -3.47. The van der Waals surface area contributed by atoms with Crippen LogP contribution in [-0.2, 0) is 26.0 Å². The second-order valence-electron chi connectivity index (χ2n) is 8.07. The minimum absolute atomic E-state index is 0. The Labute approximate surface area is 203 Å². The van der Waals surface area contributed by atoms with Crippen LogP contribution in [-0.4, -0.2) is 82.2 Å². The first-order chi connectivity index (χ1) is 14.3. The first-order valence-electron chi connectivity index (χ1n) is 10.6. The van der Waals surface area contributed by atoms with E-state index < -0.39 is 10.0 Å². The van der Waals surface area contributed by atoms with Crippen LogP contribution in [0.4, 0.5) is 0 Å². The van der Waals surface area contributed by atoms with E-state index in [1.807, 2.05) is 26.0 Å². The van der Waals surface area contributed by atoms with Gasteiger partial charge in [0.25, 0.3) is 0 Å². The molecule has 0 amide bonds. The summed E-state index contributed by atoms with van der Waals surface area (Å²) in [6, 6.07) is 6.92. The van der Waals surface area contributed by atoms with Gasteiger partial charge in [0.05, 0.1) is 17.6 Å². The molecule has 2 unspecified atom stereocenters. The molecule has 2 aliphatic heterocycles. The standard InChI is InChI=1S/C21H34N4O4S.HI/c1-16(2)24(4)30(26,27)18-9-7-17(8-10-18)14-23-21(22-3)25-11-13-29-20(15-25)19-6-5-12-28-19;/h7-10,16,19-20H,5-6,11-15H2,1-4H3,(H,22,23);1H. The lowest BCUT2D eigenvalue weighted by Gasteiger charge is -2.37. The lowest BCUT2D eigenvalue weighted by Crippen LogP contribution is -2.53. The SMILES string of the molecule is CN=C(NCc1ccc(S(=O)(=O)N(C)C(C)C)cc1)N1CCOC(C2CCCO2)C1.I. The van der Waals surface area contributed by atoms with E-state index in [1.54, 1.807) is 26.2 Å². The minimum Gasteiger partial charge on any atom is -0.375 e. The van der Waals surface area contributed by atoms with E-state index in [-0.39, 0.29) is 42.2 Å². The molecule has 0 bridgehead atoms. The van der Waals surface area contributed by atoms with Gasteiger partial charge >= 0.3 is 0 Å².